The molecule has 1 saturated heterocycles. The van der Waals surface area contributed by atoms with E-state index < -0.39 is 0 Å². The number of nitrogens with one attached hydrogen (secondary N) is 1. The van der Waals surface area contributed by atoms with Gasteiger partial charge in [0, 0.05) is 4.88 Å². The Hall–Kier alpha value is -0.870. The Morgan fingerprint density at radius 3 is 3.23 bits per heavy atom. The van der Waals surface area contributed by atoms with Crippen LogP contribution in [-0.2, 0) is 9.53 Å². The first kappa shape index (κ1) is 8.72. The van der Waals surface area contributed by atoms with Gasteiger partial charge in [0.15, 0.2) is 0 Å². The number of ether oxygens (including phenoxy) is 1. The summed E-state index contributed by atoms with van der Waals surface area (Å²) in [5, 5.41) is 5.10. The third-order valence-corrected chi connectivity index (χ3v) is 2.93. The van der Waals surface area contributed by atoms with Gasteiger partial charge in [-0.3, -0.25) is 10.1 Å². The minimum absolute atomic E-state index is 0.112. The quantitative estimate of drug-likeness (QED) is 0.587. The lowest BCUT2D eigenvalue weighted by Gasteiger charge is -1.96. The van der Waals surface area contributed by atoms with E-state index in [4.69, 9.17) is 4.74 Å². The second-order valence-corrected chi connectivity index (χ2v) is 3.87. The summed E-state index contributed by atoms with van der Waals surface area (Å²) in [4.78, 5) is 12.4. The van der Waals surface area contributed by atoms with Crippen molar-refractivity contribution in [3.8, 4) is 0 Å². The van der Waals surface area contributed by atoms with Crippen LogP contribution < -0.4 is 5.32 Å². The zero-order valence-electron chi connectivity index (χ0n) is 7.32. The van der Waals surface area contributed by atoms with E-state index in [0.717, 1.165) is 0 Å². The number of thiophene rings is 1. The Bertz CT molecular complexity index is 297. The van der Waals surface area contributed by atoms with Crippen LogP contribution in [0.1, 0.15) is 17.8 Å². The summed E-state index contributed by atoms with van der Waals surface area (Å²) in [5.41, 5.74) is 0. The lowest BCUT2D eigenvalue weighted by molar-refractivity contribution is -0.142. The summed E-state index contributed by atoms with van der Waals surface area (Å²) in [6.45, 7) is 2.27. The van der Waals surface area contributed by atoms with Gasteiger partial charge in [0.25, 0.3) is 0 Å². The van der Waals surface area contributed by atoms with E-state index in [1.807, 2.05) is 24.4 Å². The van der Waals surface area contributed by atoms with E-state index in [-0.39, 0.29) is 18.1 Å². The fourth-order valence-electron chi connectivity index (χ4n) is 1.29. The second-order valence-electron chi connectivity index (χ2n) is 2.89. The number of hydrogen-bond donors (Lipinski definition) is 1. The van der Waals surface area contributed by atoms with E-state index in [1.54, 1.807) is 11.3 Å². The van der Waals surface area contributed by atoms with Crippen LogP contribution in [0.15, 0.2) is 17.5 Å². The monoisotopic (exact) mass is 197 g/mol. The van der Waals surface area contributed by atoms with Crippen molar-refractivity contribution in [2.75, 3.05) is 6.61 Å². The maximum Gasteiger partial charge on any atom is 0.325 e. The molecule has 1 unspecified atom stereocenters. The highest BCUT2D eigenvalue weighted by atomic mass is 32.1. The molecule has 3 nitrogen and oxygen atoms in total. The maximum absolute atomic E-state index is 11.2. The lowest BCUT2D eigenvalue weighted by Crippen LogP contribution is -2.13. The zero-order valence-corrected chi connectivity index (χ0v) is 8.14. The normalized spacial score (nSPS) is 25.6. The van der Waals surface area contributed by atoms with Crippen LogP contribution in [0.4, 0.5) is 0 Å². The van der Waals surface area contributed by atoms with Gasteiger partial charge < -0.3 is 4.74 Å². The van der Waals surface area contributed by atoms with Crippen molar-refractivity contribution in [3.05, 3.63) is 22.4 Å². The van der Waals surface area contributed by atoms with E-state index in [9.17, 15) is 4.79 Å². The molecule has 0 spiro atoms. The van der Waals surface area contributed by atoms with Crippen LogP contribution in [0.3, 0.4) is 0 Å². The van der Waals surface area contributed by atoms with Crippen molar-refractivity contribution < 1.29 is 9.53 Å². The fourth-order valence-corrected chi connectivity index (χ4v) is 2.11. The van der Waals surface area contributed by atoms with Gasteiger partial charge in [-0.2, -0.15) is 0 Å². The molecule has 0 aromatic carbocycles. The molecule has 0 amide bonds. The number of hydrogen-bond acceptors (Lipinski definition) is 4. The van der Waals surface area contributed by atoms with Crippen molar-refractivity contribution in [1.82, 2.24) is 5.32 Å². The smallest absolute Gasteiger partial charge is 0.325 e. The van der Waals surface area contributed by atoms with Crippen molar-refractivity contribution in [2.45, 2.75) is 19.0 Å². The SMILES string of the molecule is CCOC(=O)C1N[C@@H]1c1cccs1. The van der Waals surface area contributed by atoms with Crippen molar-refractivity contribution in [3.63, 3.8) is 0 Å². The zero-order chi connectivity index (χ0) is 9.26. The van der Waals surface area contributed by atoms with Gasteiger partial charge in [0.1, 0.15) is 6.04 Å². The average Bonchev–Trinajstić information content (AvgIpc) is 2.74. The summed E-state index contributed by atoms with van der Waals surface area (Å²) in [6.07, 6.45) is 0. The van der Waals surface area contributed by atoms with Crippen molar-refractivity contribution in [2.24, 2.45) is 0 Å². The molecule has 1 aromatic heterocycles. The molecular formula is C9H11NO2S. The van der Waals surface area contributed by atoms with Crippen LogP contribution in [0, 0.1) is 0 Å². The number of rotatable bonds is 3. The molecule has 2 atom stereocenters. The highest BCUT2D eigenvalue weighted by molar-refractivity contribution is 7.10. The molecule has 0 radical (unpaired) electrons. The topological polar surface area (TPSA) is 48.2 Å². The Morgan fingerprint density at radius 2 is 2.62 bits per heavy atom. The third kappa shape index (κ3) is 1.73. The molecule has 0 aliphatic carbocycles. The number of carbonyl (C=O) groups excluding carboxylic acids is 1. The highest BCUT2D eigenvalue weighted by Crippen LogP contribution is 2.33. The molecule has 1 aliphatic rings. The van der Waals surface area contributed by atoms with Gasteiger partial charge in [-0.15, -0.1) is 11.3 Å². The Labute approximate surface area is 80.7 Å². The first-order valence-corrected chi connectivity index (χ1v) is 5.17. The molecular weight excluding hydrogens is 186 g/mol. The first-order chi connectivity index (χ1) is 6.33. The van der Waals surface area contributed by atoms with Gasteiger partial charge >= 0.3 is 5.97 Å². The molecule has 13 heavy (non-hydrogen) atoms. The van der Waals surface area contributed by atoms with Crippen LogP contribution in [0.25, 0.3) is 0 Å². The van der Waals surface area contributed by atoms with Crippen LogP contribution >= 0.6 is 11.3 Å². The molecule has 4 heteroatoms. The van der Waals surface area contributed by atoms with Gasteiger partial charge in [-0.1, -0.05) is 6.07 Å². The molecule has 1 N–H and O–H groups in total. The first-order valence-electron chi connectivity index (χ1n) is 4.29. The lowest BCUT2D eigenvalue weighted by atomic mass is 10.3. The summed E-state index contributed by atoms with van der Waals surface area (Å²) in [7, 11) is 0. The van der Waals surface area contributed by atoms with Crippen LogP contribution in [0.5, 0.6) is 0 Å². The summed E-state index contributed by atoms with van der Waals surface area (Å²) >= 11 is 1.66. The molecule has 70 valence electrons. The second kappa shape index (κ2) is 3.47. The number of carbonyl (C=O) groups is 1. The van der Waals surface area contributed by atoms with Gasteiger partial charge in [0.2, 0.25) is 0 Å². The fraction of sp³-hybridized carbons (Fsp3) is 0.444. The minimum atomic E-state index is -0.138. The van der Waals surface area contributed by atoms with E-state index in [2.05, 4.69) is 5.32 Å². The Balaban J connectivity index is 1.92. The van der Waals surface area contributed by atoms with E-state index >= 15 is 0 Å². The molecule has 0 saturated carbocycles. The Kier molecular flexibility index (Phi) is 2.33. The highest BCUT2D eigenvalue weighted by Gasteiger charge is 2.45. The molecule has 2 rings (SSSR count). The van der Waals surface area contributed by atoms with Gasteiger partial charge in [-0.05, 0) is 18.4 Å². The minimum Gasteiger partial charge on any atom is -0.465 e. The standard InChI is InChI=1S/C9H11NO2S/c1-2-12-9(11)8-7(10-8)6-4-3-5-13-6/h3-5,7-8,10H,2H2,1H3/t7-,8?/m1/s1. The summed E-state index contributed by atoms with van der Waals surface area (Å²) in [6, 6.07) is 4.10. The van der Waals surface area contributed by atoms with Gasteiger partial charge in [0.05, 0.1) is 12.6 Å². The molecule has 2 heterocycles. The number of esters is 1. The largest absolute Gasteiger partial charge is 0.465 e. The maximum atomic E-state index is 11.2. The van der Waals surface area contributed by atoms with Crippen molar-refractivity contribution in [1.29, 1.82) is 0 Å². The predicted octanol–water partition coefficient (Wildman–Crippen LogP) is 1.32. The van der Waals surface area contributed by atoms with Gasteiger partial charge in [-0.25, -0.2) is 0 Å². The van der Waals surface area contributed by atoms with Crippen molar-refractivity contribution >= 4 is 17.3 Å². The third-order valence-electron chi connectivity index (χ3n) is 1.97. The summed E-state index contributed by atoms with van der Waals surface area (Å²) < 4.78 is 4.90. The molecule has 1 fully saturated rings. The molecule has 1 aromatic rings. The molecule has 0 bridgehead atoms. The molecule has 1 aliphatic heterocycles. The van der Waals surface area contributed by atoms with Crippen LogP contribution in [-0.4, -0.2) is 18.6 Å². The van der Waals surface area contributed by atoms with Crippen LogP contribution in [0.2, 0.25) is 0 Å². The predicted molar refractivity (Wildman–Crippen MR) is 50.6 cm³/mol. The average molecular weight is 197 g/mol. The Morgan fingerprint density at radius 1 is 1.77 bits per heavy atom. The van der Waals surface area contributed by atoms with E-state index in [0.29, 0.717) is 6.61 Å². The van der Waals surface area contributed by atoms with E-state index in [1.165, 1.54) is 4.88 Å². The summed E-state index contributed by atoms with van der Waals surface area (Å²) in [5.74, 6) is -0.138.